The summed E-state index contributed by atoms with van der Waals surface area (Å²) in [5, 5.41) is 5.34. The van der Waals surface area contributed by atoms with E-state index in [0.717, 1.165) is 16.1 Å². The molecule has 1 heterocycles. The monoisotopic (exact) mass is 337 g/mol. The summed E-state index contributed by atoms with van der Waals surface area (Å²) in [7, 11) is 0. The van der Waals surface area contributed by atoms with Crippen molar-refractivity contribution in [3.05, 3.63) is 76.8 Å². The molecule has 0 aliphatic rings. The van der Waals surface area contributed by atoms with E-state index in [1.165, 1.54) is 11.3 Å². The predicted octanol–water partition coefficient (Wildman–Crippen LogP) is 2.84. The number of hydrogen-bond donors (Lipinski definition) is 2. The van der Waals surface area contributed by atoms with E-state index in [2.05, 4.69) is 10.3 Å². The quantitative estimate of drug-likeness (QED) is 0.751. The summed E-state index contributed by atoms with van der Waals surface area (Å²) in [6, 6.07) is 16.6. The highest BCUT2D eigenvalue weighted by Crippen LogP contribution is 2.23. The summed E-state index contributed by atoms with van der Waals surface area (Å²) in [5.74, 6) is -0.743. The van der Waals surface area contributed by atoms with Gasteiger partial charge in [-0.05, 0) is 17.7 Å². The molecule has 3 rings (SSSR count). The number of rotatable bonds is 5. The zero-order chi connectivity index (χ0) is 16.9. The third-order valence-electron chi connectivity index (χ3n) is 3.42. The minimum absolute atomic E-state index is 0.252. The number of nitrogens with one attached hydrogen (secondary N) is 1. The summed E-state index contributed by atoms with van der Waals surface area (Å²) in [6.07, 6.45) is 0. The fourth-order valence-corrected chi connectivity index (χ4v) is 3.01. The largest absolute Gasteiger partial charge is 0.366 e. The second-order valence-electron chi connectivity index (χ2n) is 5.15. The number of amides is 2. The molecule has 120 valence electrons. The van der Waals surface area contributed by atoms with Crippen LogP contribution in [0.2, 0.25) is 0 Å². The van der Waals surface area contributed by atoms with Crippen LogP contribution < -0.4 is 11.1 Å². The number of thiazole rings is 1. The van der Waals surface area contributed by atoms with E-state index < -0.39 is 5.91 Å². The maximum absolute atomic E-state index is 12.2. The van der Waals surface area contributed by atoms with Crippen molar-refractivity contribution in [3.63, 3.8) is 0 Å². The Labute approximate surface area is 143 Å². The van der Waals surface area contributed by atoms with Gasteiger partial charge in [0.25, 0.3) is 5.91 Å². The molecular formula is C18H15N3O2S. The summed E-state index contributed by atoms with van der Waals surface area (Å²) in [5.41, 5.74) is 7.84. The number of primary amides is 1. The smallest absolute Gasteiger partial charge is 0.271 e. The van der Waals surface area contributed by atoms with Crippen molar-refractivity contribution in [1.82, 2.24) is 10.3 Å². The van der Waals surface area contributed by atoms with Gasteiger partial charge >= 0.3 is 0 Å². The molecule has 0 spiro atoms. The molecule has 3 N–H and O–H groups in total. The van der Waals surface area contributed by atoms with Crippen LogP contribution in [0.3, 0.4) is 0 Å². The van der Waals surface area contributed by atoms with Crippen molar-refractivity contribution in [2.75, 3.05) is 0 Å². The second-order valence-corrected chi connectivity index (χ2v) is 6.01. The molecule has 1 aromatic heterocycles. The zero-order valence-corrected chi connectivity index (χ0v) is 13.5. The third kappa shape index (κ3) is 3.67. The highest BCUT2D eigenvalue weighted by molar-refractivity contribution is 7.13. The lowest BCUT2D eigenvalue weighted by Gasteiger charge is -2.05. The molecule has 3 aromatic rings. The first kappa shape index (κ1) is 15.9. The van der Waals surface area contributed by atoms with E-state index >= 15 is 0 Å². The van der Waals surface area contributed by atoms with E-state index in [9.17, 15) is 9.59 Å². The number of hydrogen-bond acceptors (Lipinski definition) is 4. The summed E-state index contributed by atoms with van der Waals surface area (Å²) < 4.78 is 0. The Hall–Kier alpha value is -2.99. The van der Waals surface area contributed by atoms with Crippen molar-refractivity contribution in [2.45, 2.75) is 6.54 Å². The molecule has 24 heavy (non-hydrogen) atoms. The SMILES string of the molecule is NC(=O)c1cccc(CNC(=O)c2csc(-c3ccccc3)n2)c1. The molecule has 0 aliphatic carbocycles. The molecule has 0 atom stereocenters. The molecule has 6 heteroatoms. The van der Waals surface area contributed by atoms with Gasteiger partial charge in [0, 0.05) is 23.1 Å². The molecule has 2 amide bonds. The lowest BCUT2D eigenvalue weighted by Crippen LogP contribution is -2.23. The van der Waals surface area contributed by atoms with Crippen LogP contribution in [0.15, 0.2) is 60.0 Å². The summed E-state index contributed by atoms with van der Waals surface area (Å²) in [4.78, 5) is 27.8. The summed E-state index contributed by atoms with van der Waals surface area (Å²) in [6.45, 7) is 0.304. The first-order chi connectivity index (χ1) is 11.6. The number of carbonyl (C=O) groups is 2. The topological polar surface area (TPSA) is 85.1 Å². The third-order valence-corrected chi connectivity index (χ3v) is 4.31. The number of nitrogens with two attached hydrogens (primary N) is 1. The first-order valence-electron chi connectivity index (χ1n) is 7.31. The van der Waals surface area contributed by atoms with Gasteiger partial charge in [0.1, 0.15) is 10.7 Å². The first-order valence-corrected chi connectivity index (χ1v) is 8.19. The Kier molecular flexibility index (Phi) is 4.67. The molecule has 0 unspecified atom stereocenters. The van der Waals surface area contributed by atoms with Crippen LogP contribution >= 0.6 is 11.3 Å². The van der Waals surface area contributed by atoms with E-state index in [1.54, 1.807) is 23.6 Å². The molecule has 0 bridgehead atoms. The Balaban J connectivity index is 1.67. The lowest BCUT2D eigenvalue weighted by atomic mass is 10.1. The number of carbonyl (C=O) groups excluding carboxylic acids is 2. The minimum atomic E-state index is -0.491. The molecular weight excluding hydrogens is 322 g/mol. The zero-order valence-electron chi connectivity index (χ0n) is 12.7. The Morgan fingerprint density at radius 3 is 2.62 bits per heavy atom. The van der Waals surface area contributed by atoms with Gasteiger partial charge in [-0.25, -0.2) is 4.98 Å². The van der Waals surface area contributed by atoms with Crippen molar-refractivity contribution >= 4 is 23.2 Å². The van der Waals surface area contributed by atoms with Crippen LogP contribution in [0.1, 0.15) is 26.4 Å². The van der Waals surface area contributed by atoms with Crippen molar-refractivity contribution < 1.29 is 9.59 Å². The fraction of sp³-hybridized carbons (Fsp3) is 0.0556. The second kappa shape index (κ2) is 7.06. The van der Waals surface area contributed by atoms with Gasteiger partial charge in [0.2, 0.25) is 5.91 Å². The normalized spacial score (nSPS) is 10.3. The van der Waals surface area contributed by atoms with Gasteiger partial charge in [-0.1, -0.05) is 42.5 Å². The van der Waals surface area contributed by atoms with Crippen molar-refractivity contribution in [3.8, 4) is 10.6 Å². The molecule has 0 saturated carbocycles. The van der Waals surface area contributed by atoms with E-state index in [4.69, 9.17) is 5.73 Å². The Morgan fingerprint density at radius 2 is 1.88 bits per heavy atom. The number of benzene rings is 2. The Bertz CT molecular complexity index is 875. The van der Waals surface area contributed by atoms with Crippen LogP contribution in [0, 0.1) is 0 Å². The maximum Gasteiger partial charge on any atom is 0.271 e. The highest BCUT2D eigenvalue weighted by Gasteiger charge is 2.11. The van der Waals surface area contributed by atoms with Gasteiger partial charge in [0.15, 0.2) is 0 Å². The molecule has 0 aliphatic heterocycles. The molecule has 0 saturated heterocycles. The van der Waals surface area contributed by atoms with Crippen LogP contribution in [0.4, 0.5) is 0 Å². The Morgan fingerprint density at radius 1 is 1.08 bits per heavy atom. The highest BCUT2D eigenvalue weighted by atomic mass is 32.1. The maximum atomic E-state index is 12.2. The van der Waals surface area contributed by atoms with Gasteiger partial charge in [0.05, 0.1) is 0 Å². The van der Waals surface area contributed by atoms with Crippen LogP contribution in [-0.2, 0) is 6.54 Å². The van der Waals surface area contributed by atoms with Crippen molar-refractivity contribution in [1.29, 1.82) is 0 Å². The van der Waals surface area contributed by atoms with Gasteiger partial charge < -0.3 is 11.1 Å². The van der Waals surface area contributed by atoms with E-state index in [1.807, 2.05) is 36.4 Å². The molecule has 0 fully saturated rings. The average Bonchev–Trinajstić information content (AvgIpc) is 3.11. The van der Waals surface area contributed by atoms with Crippen LogP contribution in [0.25, 0.3) is 10.6 Å². The molecule has 5 nitrogen and oxygen atoms in total. The van der Waals surface area contributed by atoms with Crippen LogP contribution in [0.5, 0.6) is 0 Å². The predicted molar refractivity (Wildman–Crippen MR) is 93.7 cm³/mol. The minimum Gasteiger partial charge on any atom is -0.366 e. The fourth-order valence-electron chi connectivity index (χ4n) is 2.20. The molecule has 2 aromatic carbocycles. The lowest BCUT2D eigenvalue weighted by molar-refractivity contribution is 0.0946. The van der Waals surface area contributed by atoms with E-state index in [0.29, 0.717) is 17.8 Å². The standard InChI is InChI=1S/C18H15N3O2S/c19-16(22)14-8-4-5-12(9-14)10-20-17(23)15-11-24-18(21-15)13-6-2-1-3-7-13/h1-9,11H,10H2,(H2,19,22)(H,20,23). The number of aromatic nitrogens is 1. The summed E-state index contributed by atoms with van der Waals surface area (Å²) >= 11 is 1.43. The molecule has 0 radical (unpaired) electrons. The van der Waals surface area contributed by atoms with Gasteiger partial charge in [-0.3, -0.25) is 9.59 Å². The average molecular weight is 337 g/mol. The van der Waals surface area contributed by atoms with Gasteiger partial charge in [-0.2, -0.15) is 0 Å². The van der Waals surface area contributed by atoms with Crippen LogP contribution in [-0.4, -0.2) is 16.8 Å². The van der Waals surface area contributed by atoms with Crippen molar-refractivity contribution in [2.24, 2.45) is 5.73 Å². The van der Waals surface area contributed by atoms with Gasteiger partial charge in [-0.15, -0.1) is 11.3 Å². The van der Waals surface area contributed by atoms with E-state index in [-0.39, 0.29) is 5.91 Å². The number of nitrogens with zero attached hydrogens (tertiary/aromatic N) is 1.